The number of benzene rings is 4. The molecule has 9 heteroatoms. The molecule has 190 valence electrons. The van der Waals surface area contributed by atoms with Crippen molar-refractivity contribution in [1.82, 2.24) is 0 Å². The fourth-order valence-electron chi connectivity index (χ4n) is 3.04. The van der Waals surface area contributed by atoms with E-state index in [1.807, 2.05) is 43.3 Å². The summed E-state index contributed by atoms with van der Waals surface area (Å²) in [6, 6.07) is 24.3. The first-order valence-electron chi connectivity index (χ1n) is 11.0. The van der Waals surface area contributed by atoms with Crippen LogP contribution in [0.5, 0.6) is 40.2 Å². The van der Waals surface area contributed by atoms with Gasteiger partial charge in [-0.2, -0.15) is 8.78 Å². The fourth-order valence-corrected chi connectivity index (χ4v) is 3.76. The molecule has 0 saturated heterocycles. The van der Waals surface area contributed by atoms with Crippen molar-refractivity contribution in [1.29, 1.82) is 0 Å². The number of rotatable bonds is 8. The summed E-state index contributed by atoms with van der Waals surface area (Å²) in [6.45, 7) is 2.41. The third-order valence-electron chi connectivity index (χ3n) is 4.89. The average molecular weight is 728 g/mol. The van der Waals surface area contributed by atoms with E-state index in [2.05, 4.69) is 45.2 Å². The largest absolute Gasteiger partial charge is 0.453 e. The minimum absolute atomic E-state index is 0.103. The SMILES string of the molecule is Cc1ccc(Oc2cc(OC(=O)C(C)(F)F)cc(Oc3ccc(I)cc3)c2Oc2ccc(I)cc2)cc1. The lowest BCUT2D eigenvalue weighted by Gasteiger charge is -2.19. The molecule has 5 nitrogen and oxygen atoms in total. The molecule has 0 bridgehead atoms. The van der Waals surface area contributed by atoms with Crippen molar-refractivity contribution in [3.63, 3.8) is 0 Å². The molecule has 0 heterocycles. The van der Waals surface area contributed by atoms with Gasteiger partial charge in [-0.1, -0.05) is 17.7 Å². The van der Waals surface area contributed by atoms with Crippen LogP contribution in [0.2, 0.25) is 0 Å². The van der Waals surface area contributed by atoms with E-state index in [1.54, 1.807) is 36.4 Å². The van der Waals surface area contributed by atoms with Crippen LogP contribution >= 0.6 is 45.2 Å². The number of carbonyl (C=O) groups excluding carboxylic acids is 1. The zero-order chi connectivity index (χ0) is 26.6. The van der Waals surface area contributed by atoms with E-state index in [4.69, 9.17) is 18.9 Å². The van der Waals surface area contributed by atoms with Crippen LogP contribution in [0, 0.1) is 14.1 Å². The van der Waals surface area contributed by atoms with Crippen molar-refractivity contribution in [3.05, 3.63) is 97.6 Å². The molecule has 0 aliphatic carbocycles. The van der Waals surface area contributed by atoms with Gasteiger partial charge >= 0.3 is 11.9 Å². The lowest BCUT2D eigenvalue weighted by Crippen LogP contribution is -2.29. The molecule has 0 aromatic heterocycles. The molecule has 0 fully saturated rings. The number of aryl methyl sites for hydroxylation is 1. The molecular weight excluding hydrogens is 708 g/mol. The summed E-state index contributed by atoms with van der Waals surface area (Å²) in [5.74, 6) is -3.80. The molecule has 0 aliphatic heterocycles. The van der Waals surface area contributed by atoms with E-state index >= 15 is 0 Å². The molecular formula is C28H20F2I2O5. The van der Waals surface area contributed by atoms with Crippen molar-refractivity contribution in [2.24, 2.45) is 0 Å². The monoisotopic (exact) mass is 728 g/mol. The quantitative estimate of drug-likeness (QED) is 0.103. The molecule has 4 rings (SSSR count). The van der Waals surface area contributed by atoms with Crippen molar-refractivity contribution in [2.75, 3.05) is 0 Å². The smallest absolute Gasteiger partial charge is 0.382 e. The number of carbonyl (C=O) groups is 1. The highest BCUT2D eigenvalue weighted by atomic mass is 127. The van der Waals surface area contributed by atoms with Gasteiger partial charge in [0.15, 0.2) is 11.5 Å². The number of ether oxygens (including phenoxy) is 4. The number of esters is 1. The second-order valence-electron chi connectivity index (χ2n) is 8.05. The maximum atomic E-state index is 13.6. The second-order valence-corrected chi connectivity index (χ2v) is 10.5. The van der Waals surface area contributed by atoms with Gasteiger partial charge in [0.05, 0.1) is 0 Å². The van der Waals surface area contributed by atoms with Crippen molar-refractivity contribution in [2.45, 2.75) is 19.8 Å². The summed E-state index contributed by atoms with van der Waals surface area (Å²) in [5.41, 5.74) is 1.03. The highest BCUT2D eigenvalue weighted by Crippen LogP contribution is 2.47. The molecule has 4 aromatic rings. The van der Waals surface area contributed by atoms with Gasteiger partial charge in [0, 0.05) is 26.2 Å². The van der Waals surface area contributed by atoms with Crippen molar-refractivity contribution < 1.29 is 32.5 Å². The summed E-state index contributed by atoms with van der Waals surface area (Å²) in [5, 5.41) is 0. The van der Waals surface area contributed by atoms with Gasteiger partial charge in [-0.15, -0.1) is 0 Å². The highest BCUT2D eigenvalue weighted by molar-refractivity contribution is 14.1. The van der Waals surface area contributed by atoms with Gasteiger partial charge in [0.25, 0.3) is 0 Å². The first kappa shape index (κ1) is 27.1. The minimum atomic E-state index is -3.69. The minimum Gasteiger partial charge on any atom is -0.453 e. The Hall–Kier alpha value is -2.93. The summed E-state index contributed by atoms with van der Waals surface area (Å²) >= 11 is 4.35. The fraction of sp³-hybridized carbons (Fsp3) is 0.107. The average Bonchev–Trinajstić information content (AvgIpc) is 2.84. The topological polar surface area (TPSA) is 54.0 Å². The molecule has 0 radical (unpaired) electrons. The van der Waals surface area contributed by atoms with Crippen LogP contribution in [0.1, 0.15) is 12.5 Å². The van der Waals surface area contributed by atoms with E-state index in [0.717, 1.165) is 12.7 Å². The Bertz CT molecular complexity index is 1320. The number of hydrogen-bond donors (Lipinski definition) is 0. The van der Waals surface area contributed by atoms with E-state index < -0.39 is 11.9 Å². The van der Waals surface area contributed by atoms with Crippen LogP contribution in [0.3, 0.4) is 0 Å². The normalized spacial score (nSPS) is 11.1. The lowest BCUT2D eigenvalue weighted by atomic mass is 10.2. The Morgan fingerprint density at radius 1 is 0.676 bits per heavy atom. The zero-order valence-corrected chi connectivity index (χ0v) is 24.0. The van der Waals surface area contributed by atoms with Gasteiger partial charge < -0.3 is 18.9 Å². The van der Waals surface area contributed by atoms with Crippen LogP contribution in [-0.2, 0) is 4.79 Å². The van der Waals surface area contributed by atoms with Gasteiger partial charge in [0.1, 0.15) is 23.0 Å². The molecule has 0 atom stereocenters. The predicted molar refractivity (Wildman–Crippen MR) is 152 cm³/mol. The summed E-state index contributed by atoms with van der Waals surface area (Å²) < 4.78 is 52.5. The zero-order valence-electron chi connectivity index (χ0n) is 19.6. The van der Waals surface area contributed by atoms with Crippen LogP contribution < -0.4 is 18.9 Å². The maximum Gasteiger partial charge on any atom is 0.382 e. The summed E-state index contributed by atoms with van der Waals surface area (Å²) in [4.78, 5) is 12.0. The Balaban J connectivity index is 1.83. The molecule has 4 aromatic carbocycles. The Morgan fingerprint density at radius 2 is 1.08 bits per heavy atom. The third-order valence-corrected chi connectivity index (χ3v) is 6.33. The number of alkyl halides is 2. The maximum absolute atomic E-state index is 13.6. The first-order chi connectivity index (χ1) is 17.6. The Kier molecular flexibility index (Phi) is 8.53. The summed E-state index contributed by atoms with van der Waals surface area (Å²) in [6.07, 6.45) is 0. The van der Waals surface area contributed by atoms with Gasteiger partial charge in [0.2, 0.25) is 5.75 Å². The van der Waals surface area contributed by atoms with Crippen LogP contribution in [-0.4, -0.2) is 11.9 Å². The summed E-state index contributed by atoms with van der Waals surface area (Å²) in [7, 11) is 0. The van der Waals surface area contributed by atoms with Gasteiger partial charge in [-0.3, -0.25) is 0 Å². The highest BCUT2D eigenvalue weighted by Gasteiger charge is 2.35. The van der Waals surface area contributed by atoms with E-state index in [9.17, 15) is 13.6 Å². The van der Waals surface area contributed by atoms with E-state index in [1.165, 1.54) is 12.1 Å². The van der Waals surface area contributed by atoms with Gasteiger partial charge in [-0.05, 0) is 113 Å². The van der Waals surface area contributed by atoms with Crippen LogP contribution in [0.4, 0.5) is 8.78 Å². The second kappa shape index (κ2) is 11.6. The van der Waals surface area contributed by atoms with Crippen LogP contribution in [0.15, 0.2) is 84.9 Å². The Labute approximate surface area is 240 Å². The molecule has 0 N–H and O–H groups in total. The number of halogens is 4. The number of hydrogen-bond acceptors (Lipinski definition) is 5. The lowest BCUT2D eigenvalue weighted by molar-refractivity contribution is -0.158. The first-order valence-corrected chi connectivity index (χ1v) is 13.1. The molecule has 0 amide bonds. The molecule has 0 spiro atoms. The van der Waals surface area contributed by atoms with Crippen molar-refractivity contribution >= 4 is 51.2 Å². The predicted octanol–water partition coefficient (Wildman–Crippen LogP) is 9.14. The van der Waals surface area contributed by atoms with E-state index in [-0.39, 0.29) is 23.0 Å². The van der Waals surface area contributed by atoms with Crippen LogP contribution in [0.25, 0.3) is 0 Å². The molecule has 0 unspecified atom stereocenters. The molecule has 37 heavy (non-hydrogen) atoms. The molecule has 0 aliphatic rings. The molecule has 0 saturated carbocycles. The third kappa shape index (κ3) is 7.54. The Morgan fingerprint density at radius 3 is 1.51 bits per heavy atom. The standard InChI is InChI=1S/C28H20F2I2O5/c1-17-3-9-20(10-4-17)34-24-15-23(37-27(33)28(2,29)30)16-25(35-21-11-5-18(31)6-12-21)26(24)36-22-13-7-19(32)8-14-22/h3-16H,1-2H3. The van der Waals surface area contributed by atoms with E-state index in [0.29, 0.717) is 24.2 Å². The van der Waals surface area contributed by atoms with Gasteiger partial charge in [-0.25, -0.2) is 4.79 Å². The van der Waals surface area contributed by atoms with Crippen molar-refractivity contribution in [3.8, 4) is 40.2 Å².